The van der Waals surface area contributed by atoms with Crippen LogP contribution in [0.25, 0.3) is 5.78 Å². The summed E-state index contributed by atoms with van der Waals surface area (Å²) in [5, 5.41) is 6.98. The minimum Gasteiger partial charge on any atom is -0.366 e. The highest BCUT2D eigenvalue weighted by Gasteiger charge is 2.33. The SMILES string of the molecule is CC1CC1.Cc1cc(NCc2ccc(C(F)(F)F)c(F)c2)n2ncnc2n1. The Labute approximate surface area is 153 Å². The maximum atomic E-state index is 13.6. The van der Waals surface area contributed by atoms with Crippen LogP contribution >= 0.6 is 0 Å². The van der Waals surface area contributed by atoms with Gasteiger partial charge in [0.15, 0.2) is 0 Å². The standard InChI is InChI=1S/C14H11F4N5.C4H8/c1-8-4-12(23-13(22-8)20-7-21-23)19-6-9-2-3-10(11(15)5-9)14(16,17)18;1-4-2-3-4/h2-5,7,19H,6H2,1H3;4H,2-3H2,1H3. The summed E-state index contributed by atoms with van der Waals surface area (Å²) in [5.74, 6) is 0.741. The van der Waals surface area contributed by atoms with Crippen molar-refractivity contribution in [3.05, 3.63) is 53.2 Å². The minimum atomic E-state index is -4.70. The largest absolute Gasteiger partial charge is 0.419 e. The second-order valence-electron chi connectivity index (χ2n) is 6.60. The van der Waals surface area contributed by atoms with E-state index in [1.54, 1.807) is 13.0 Å². The first-order valence-corrected chi connectivity index (χ1v) is 8.51. The van der Waals surface area contributed by atoms with Crippen LogP contribution in [0, 0.1) is 18.7 Å². The van der Waals surface area contributed by atoms with Gasteiger partial charge in [0.1, 0.15) is 18.0 Å². The van der Waals surface area contributed by atoms with Crippen LogP contribution in [0.3, 0.4) is 0 Å². The number of nitrogens with zero attached hydrogens (tertiary/aromatic N) is 4. The van der Waals surface area contributed by atoms with Crippen LogP contribution in [-0.2, 0) is 12.7 Å². The molecule has 0 atom stereocenters. The molecule has 1 fully saturated rings. The summed E-state index contributed by atoms with van der Waals surface area (Å²) >= 11 is 0. The molecule has 3 aromatic rings. The molecule has 1 N–H and O–H groups in total. The van der Waals surface area contributed by atoms with Crippen molar-refractivity contribution in [2.75, 3.05) is 5.32 Å². The maximum Gasteiger partial charge on any atom is 0.419 e. The van der Waals surface area contributed by atoms with E-state index in [4.69, 9.17) is 0 Å². The van der Waals surface area contributed by atoms with Crippen molar-refractivity contribution in [3.8, 4) is 0 Å². The number of fused-ring (bicyclic) bond motifs is 1. The smallest absolute Gasteiger partial charge is 0.366 e. The van der Waals surface area contributed by atoms with Crippen LogP contribution < -0.4 is 5.32 Å². The number of halogens is 4. The van der Waals surface area contributed by atoms with Gasteiger partial charge in [-0.05, 0) is 30.5 Å². The van der Waals surface area contributed by atoms with Crippen molar-refractivity contribution in [3.63, 3.8) is 0 Å². The first-order chi connectivity index (χ1) is 12.7. The second kappa shape index (κ2) is 7.50. The van der Waals surface area contributed by atoms with E-state index in [1.807, 2.05) is 0 Å². The van der Waals surface area contributed by atoms with Gasteiger partial charge in [-0.3, -0.25) is 0 Å². The van der Waals surface area contributed by atoms with Crippen LogP contribution in [0.4, 0.5) is 23.4 Å². The summed E-state index contributed by atoms with van der Waals surface area (Å²) < 4.78 is 52.6. The van der Waals surface area contributed by atoms with E-state index in [9.17, 15) is 17.6 Å². The Morgan fingerprint density at radius 3 is 2.52 bits per heavy atom. The van der Waals surface area contributed by atoms with E-state index in [0.29, 0.717) is 22.9 Å². The molecule has 9 heteroatoms. The zero-order chi connectivity index (χ0) is 19.6. The number of alkyl halides is 3. The monoisotopic (exact) mass is 381 g/mol. The zero-order valence-electron chi connectivity index (χ0n) is 14.9. The van der Waals surface area contributed by atoms with E-state index in [-0.39, 0.29) is 6.54 Å². The summed E-state index contributed by atoms with van der Waals surface area (Å²) in [6.45, 7) is 4.19. The van der Waals surface area contributed by atoms with Gasteiger partial charge in [-0.25, -0.2) is 9.37 Å². The Hall–Kier alpha value is -2.71. The first-order valence-electron chi connectivity index (χ1n) is 8.51. The van der Waals surface area contributed by atoms with Crippen molar-refractivity contribution >= 4 is 11.6 Å². The Morgan fingerprint density at radius 1 is 1.22 bits per heavy atom. The third-order valence-electron chi connectivity index (χ3n) is 4.06. The normalized spacial score (nSPS) is 14.0. The fraction of sp³-hybridized carbons (Fsp3) is 0.389. The highest BCUT2D eigenvalue weighted by molar-refractivity contribution is 5.45. The number of benzene rings is 1. The highest BCUT2D eigenvalue weighted by atomic mass is 19.4. The molecule has 0 saturated heterocycles. The number of anilines is 1. The molecule has 1 saturated carbocycles. The summed E-state index contributed by atoms with van der Waals surface area (Å²) in [5.41, 5.74) is -0.204. The molecule has 0 bridgehead atoms. The molecule has 0 spiro atoms. The summed E-state index contributed by atoms with van der Waals surface area (Å²) in [6, 6.07) is 4.53. The van der Waals surface area contributed by atoms with E-state index >= 15 is 0 Å². The lowest BCUT2D eigenvalue weighted by molar-refractivity contribution is -0.140. The summed E-state index contributed by atoms with van der Waals surface area (Å²) in [6.07, 6.45) is -0.393. The van der Waals surface area contributed by atoms with E-state index in [0.717, 1.165) is 18.1 Å². The topological polar surface area (TPSA) is 55.1 Å². The van der Waals surface area contributed by atoms with E-state index < -0.39 is 17.6 Å². The predicted molar refractivity (Wildman–Crippen MR) is 92.6 cm³/mol. The lowest BCUT2D eigenvalue weighted by Gasteiger charge is -2.11. The van der Waals surface area contributed by atoms with Gasteiger partial charge >= 0.3 is 6.18 Å². The van der Waals surface area contributed by atoms with E-state index in [1.165, 1.54) is 29.8 Å². The number of hydrogen-bond donors (Lipinski definition) is 1. The molecule has 0 amide bonds. The molecule has 0 aliphatic heterocycles. The minimum absolute atomic E-state index is 0.132. The quantitative estimate of drug-likeness (QED) is 0.673. The number of hydrogen-bond acceptors (Lipinski definition) is 4. The van der Waals surface area contributed by atoms with Crippen LogP contribution in [0.2, 0.25) is 0 Å². The van der Waals surface area contributed by atoms with Crippen molar-refractivity contribution in [2.24, 2.45) is 5.92 Å². The summed E-state index contributed by atoms with van der Waals surface area (Å²) in [4.78, 5) is 8.13. The van der Waals surface area contributed by atoms with Crippen LogP contribution in [-0.4, -0.2) is 19.6 Å². The average molecular weight is 381 g/mol. The molecule has 0 radical (unpaired) electrons. The van der Waals surface area contributed by atoms with Crippen molar-refractivity contribution in [2.45, 2.75) is 39.4 Å². The van der Waals surface area contributed by atoms with E-state index in [2.05, 4.69) is 27.3 Å². The molecular formula is C18H19F4N5. The van der Waals surface area contributed by atoms with Gasteiger partial charge in [-0.1, -0.05) is 25.8 Å². The van der Waals surface area contributed by atoms with Gasteiger partial charge in [0.25, 0.3) is 5.78 Å². The van der Waals surface area contributed by atoms with Crippen molar-refractivity contribution in [1.82, 2.24) is 19.6 Å². The Bertz CT molecular complexity index is 931. The molecule has 0 unspecified atom stereocenters. The third kappa shape index (κ3) is 4.93. The molecule has 4 rings (SSSR count). The molecule has 1 aliphatic carbocycles. The number of nitrogens with one attached hydrogen (secondary N) is 1. The molecule has 27 heavy (non-hydrogen) atoms. The Balaban J connectivity index is 0.000000466. The molecule has 1 aliphatic rings. The van der Waals surface area contributed by atoms with Gasteiger partial charge in [-0.2, -0.15) is 27.8 Å². The van der Waals surface area contributed by atoms with Crippen LogP contribution in [0.5, 0.6) is 0 Å². The second-order valence-corrected chi connectivity index (χ2v) is 6.60. The Morgan fingerprint density at radius 2 is 1.93 bits per heavy atom. The number of rotatable bonds is 3. The zero-order valence-corrected chi connectivity index (χ0v) is 14.9. The third-order valence-corrected chi connectivity index (χ3v) is 4.06. The molecular weight excluding hydrogens is 362 g/mol. The number of aryl methyl sites for hydroxylation is 1. The van der Waals surface area contributed by atoms with Gasteiger partial charge in [0.2, 0.25) is 0 Å². The first kappa shape index (κ1) is 19.1. The average Bonchev–Trinajstić information content (AvgIpc) is 3.21. The fourth-order valence-electron chi connectivity index (χ4n) is 2.31. The van der Waals surface area contributed by atoms with Crippen molar-refractivity contribution < 1.29 is 17.6 Å². The number of aromatic nitrogens is 4. The summed E-state index contributed by atoms with van der Waals surface area (Å²) in [7, 11) is 0. The fourth-order valence-corrected chi connectivity index (χ4v) is 2.31. The van der Waals surface area contributed by atoms with Gasteiger partial charge in [0.05, 0.1) is 5.56 Å². The van der Waals surface area contributed by atoms with Crippen LogP contribution in [0.1, 0.15) is 36.6 Å². The predicted octanol–water partition coefficient (Wildman–Crippen LogP) is 4.62. The lowest BCUT2D eigenvalue weighted by Crippen LogP contribution is -2.10. The maximum absolute atomic E-state index is 13.6. The lowest BCUT2D eigenvalue weighted by atomic mass is 10.1. The van der Waals surface area contributed by atoms with Gasteiger partial charge in [-0.15, -0.1) is 0 Å². The van der Waals surface area contributed by atoms with Crippen molar-refractivity contribution in [1.29, 1.82) is 0 Å². The molecule has 2 aromatic heterocycles. The molecule has 1 aromatic carbocycles. The highest BCUT2D eigenvalue weighted by Crippen LogP contribution is 2.31. The molecule has 5 nitrogen and oxygen atoms in total. The van der Waals surface area contributed by atoms with Gasteiger partial charge in [0, 0.05) is 18.3 Å². The Kier molecular flexibility index (Phi) is 5.29. The van der Waals surface area contributed by atoms with Crippen LogP contribution in [0.15, 0.2) is 30.6 Å². The van der Waals surface area contributed by atoms with Gasteiger partial charge < -0.3 is 5.32 Å². The molecule has 144 valence electrons. The molecule has 2 heterocycles.